The van der Waals surface area contributed by atoms with Crippen LogP contribution in [0.5, 0.6) is 0 Å². The average Bonchev–Trinajstić information content (AvgIpc) is 3.22. The van der Waals surface area contributed by atoms with E-state index in [1.165, 1.54) is 24.3 Å². The minimum absolute atomic E-state index is 0.0933. The van der Waals surface area contributed by atoms with E-state index in [9.17, 15) is 24.5 Å². The third kappa shape index (κ3) is 3.66. The van der Waals surface area contributed by atoms with Crippen molar-refractivity contribution in [3.05, 3.63) is 50.3 Å². The van der Waals surface area contributed by atoms with Gasteiger partial charge in [0.05, 0.1) is 16.4 Å². The number of rotatable bonds is 4. The molecular weight excluding hydrogens is 380 g/mol. The summed E-state index contributed by atoms with van der Waals surface area (Å²) < 4.78 is 0. The molecule has 0 aliphatic carbocycles. The molecule has 29 heavy (non-hydrogen) atoms. The van der Waals surface area contributed by atoms with Gasteiger partial charge in [-0.15, -0.1) is 0 Å². The SMILES string of the molecule is O=C1C[C@H](C(=O)Nc2ccc([N+](=O)[O-])cc2)c2c(nc(N3CCCC3)[nH]c2=O)N1. The zero-order chi connectivity index (χ0) is 20.5. The fraction of sp³-hybridized carbons (Fsp3) is 0.333. The lowest BCUT2D eigenvalue weighted by Gasteiger charge is -2.25. The van der Waals surface area contributed by atoms with Crippen LogP contribution in [0.15, 0.2) is 29.1 Å². The molecule has 11 heteroatoms. The van der Waals surface area contributed by atoms with Crippen LogP contribution < -0.4 is 21.1 Å². The monoisotopic (exact) mass is 398 g/mol. The largest absolute Gasteiger partial charge is 0.342 e. The number of amides is 2. The molecule has 0 radical (unpaired) electrons. The highest BCUT2D eigenvalue weighted by Gasteiger charge is 2.35. The topological polar surface area (TPSA) is 150 Å². The summed E-state index contributed by atoms with van der Waals surface area (Å²) in [4.78, 5) is 56.8. The molecule has 150 valence electrons. The number of anilines is 3. The first-order valence-corrected chi connectivity index (χ1v) is 9.16. The van der Waals surface area contributed by atoms with E-state index in [0.717, 1.165) is 25.9 Å². The van der Waals surface area contributed by atoms with Gasteiger partial charge >= 0.3 is 0 Å². The molecule has 1 saturated heterocycles. The normalized spacial score (nSPS) is 18.1. The Morgan fingerprint density at radius 1 is 1.21 bits per heavy atom. The van der Waals surface area contributed by atoms with Crippen molar-refractivity contribution in [3.8, 4) is 0 Å². The fourth-order valence-electron chi connectivity index (χ4n) is 3.56. The van der Waals surface area contributed by atoms with Crippen LogP contribution in [0.1, 0.15) is 30.7 Å². The Labute approximate surface area is 164 Å². The lowest BCUT2D eigenvalue weighted by molar-refractivity contribution is -0.384. The number of carbonyl (C=O) groups excluding carboxylic acids is 2. The van der Waals surface area contributed by atoms with Gasteiger partial charge in [-0.05, 0) is 25.0 Å². The van der Waals surface area contributed by atoms with Crippen LogP contribution in [-0.4, -0.2) is 39.8 Å². The molecule has 0 bridgehead atoms. The molecule has 1 atom stereocenters. The number of nitrogens with zero attached hydrogens (tertiary/aromatic N) is 3. The number of hydrogen-bond acceptors (Lipinski definition) is 7. The summed E-state index contributed by atoms with van der Waals surface area (Å²) in [5, 5.41) is 15.9. The van der Waals surface area contributed by atoms with Crippen LogP contribution in [0.2, 0.25) is 0 Å². The number of carbonyl (C=O) groups is 2. The summed E-state index contributed by atoms with van der Waals surface area (Å²) in [7, 11) is 0. The van der Waals surface area contributed by atoms with Gasteiger partial charge in [0.1, 0.15) is 5.82 Å². The second kappa shape index (κ2) is 7.34. The Hall–Kier alpha value is -3.76. The Kier molecular flexibility index (Phi) is 4.71. The van der Waals surface area contributed by atoms with Crippen molar-refractivity contribution in [1.29, 1.82) is 0 Å². The van der Waals surface area contributed by atoms with Crippen molar-refractivity contribution in [1.82, 2.24) is 9.97 Å². The molecule has 0 saturated carbocycles. The number of nitro benzene ring substituents is 1. The van der Waals surface area contributed by atoms with Crippen LogP contribution in [-0.2, 0) is 9.59 Å². The Bertz CT molecular complexity index is 1040. The van der Waals surface area contributed by atoms with Crippen molar-refractivity contribution in [2.75, 3.05) is 28.6 Å². The van der Waals surface area contributed by atoms with E-state index in [-0.39, 0.29) is 23.5 Å². The van der Waals surface area contributed by atoms with Crippen LogP contribution in [0.4, 0.5) is 23.1 Å². The average molecular weight is 398 g/mol. The van der Waals surface area contributed by atoms with E-state index in [1.54, 1.807) is 0 Å². The van der Waals surface area contributed by atoms with E-state index in [0.29, 0.717) is 11.6 Å². The quantitative estimate of drug-likeness (QED) is 0.519. The van der Waals surface area contributed by atoms with Gasteiger partial charge in [0, 0.05) is 37.3 Å². The zero-order valence-corrected chi connectivity index (χ0v) is 15.3. The second-order valence-corrected chi connectivity index (χ2v) is 6.94. The van der Waals surface area contributed by atoms with Gasteiger partial charge in [0.2, 0.25) is 17.8 Å². The maximum absolute atomic E-state index is 12.8. The van der Waals surface area contributed by atoms with E-state index in [4.69, 9.17) is 0 Å². The van der Waals surface area contributed by atoms with Gasteiger partial charge in [-0.25, -0.2) is 0 Å². The standard InChI is InChI=1S/C18H18N6O5/c25-13-9-12(16(26)19-10-3-5-11(6-4-10)24(28)29)14-15(20-13)21-18(22-17(14)27)23-7-1-2-8-23/h3-6,12H,1-2,7-9H2,(H,19,26)(H2,20,21,22,25,27)/t12-/m0/s1. The molecular formula is C18H18N6O5. The third-order valence-corrected chi connectivity index (χ3v) is 5.01. The van der Waals surface area contributed by atoms with Gasteiger partial charge in [-0.3, -0.25) is 29.5 Å². The maximum Gasteiger partial charge on any atom is 0.269 e. The Morgan fingerprint density at radius 2 is 1.90 bits per heavy atom. The molecule has 2 aliphatic heterocycles. The summed E-state index contributed by atoms with van der Waals surface area (Å²) in [6, 6.07) is 5.29. The van der Waals surface area contributed by atoms with E-state index in [2.05, 4.69) is 20.6 Å². The maximum atomic E-state index is 12.8. The predicted octanol–water partition coefficient (Wildman–Crippen LogP) is 1.34. The molecule has 3 heterocycles. The lowest BCUT2D eigenvalue weighted by atomic mass is 9.92. The summed E-state index contributed by atoms with van der Waals surface area (Å²) in [5.74, 6) is -1.51. The molecule has 1 aromatic heterocycles. The van der Waals surface area contributed by atoms with Crippen molar-refractivity contribution < 1.29 is 14.5 Å². The van der Waals surface area contributed by atoms with E-state index in [1.807, 2.05) is 4.90 Å². The summed E-state index contributed by atoms with van der Waals surface area (Å²) >= 11 is 0. The molecule has 2 amide bonds. The van der Waals surface area contributed by atoms with Gasteiger partial charge < -0.3 is 15.5 Å². The molecule has 0 spiro atoms. The number of H-pyrrole nitrogens is 1. The fourth-order valence-corrected chi connectivity index (χ4v) is 3.56. The molecule has 4 rings (SSSR count). The zero-order valence-electron chi connectivity index (χ0n) is 15.3. The second-order valence-electron chi connectivity index (χ2n) is 6.94. The molecule has 3 N–H and O–H groups in total. The predicted molar refractivity (Wildman–Crippen MR) is 104 cm³/mol. The summed E-state index contributed by atoms with van der Waals surface area (Å²) in [6.45, 7) is 1.53. The van der Waals surface area contributed by atoms with Gasteiger partial charge in [0.25, 0.3) is 11.2 Å². The molecule has 1 aromatic carbocycles. The highest BCUT2D eigenvalue weighted by atomic mass is 16.6. The molecule has 11 nitrogen and oxygen atoms in total. The van der Waals surface area contributed by atoms with Gasteiger partial charge in [0.15, 0.2) is 0 Å². The van der Waals surface area contributed by atoms with Crippen LogP contribution >= 0.6 is 0 Å². The highest BCUT2D eigenvalue weighted by molar-refractivity contribution is 6.04. The molecule has 2 aromatic rings. The molecule has 0 unspecified atom stereocenters. The van der Waals surface area contributed by atoms with Gasteiger partial charge in [-0.2, -0.15) is 4.98 Å². The summed E-state index contributed by atoms with van der Waals surface area (Å²) in [6.07, 6.45) is 1.79. The Morgan fingerprint density at radius 3 is 2.55 bits per heavy atom. The van der Waals surface area contributed by atoms with Crippen LogP contribution in [0.25, 0.3) is 0 Å². The number of aromatic amines is 1. The lowest BCUT2D eigenvalue weighted by Crippen LogP contribution is -2.37. The smallest absolute Gasteiger partial charge is 0.269 e. The third-order valence-electron chi connectivity index (χ3n) is 5.01. The van der Waals surface area contributed by atoms with Crippen LogP contribution in [0, 0.1) is 10.1 Å². The van der Waals surface area contributed by atoms with Crippen molar-refractivity contribution in [2.24, 2.45) is 0 Å². The first-order valence-electron chi connectivity index (χ1n) is 9.16. The van der Waals surface area contributed by atoms with Crippen molar-refractivity contribution in [3.63, 3.8) is 0 Å². The van der Waals surface area contributed by atoms with Crippen LogP contribution in [0.3, 0.4) is 0 Å². The summed E-state index contributed by atoms with van der Waals surface area (Å²) in [5.41, 5.74) is -0.153. The van der Waals surface area contributed by atoms with Crippen molar-refractivity contribution in [2.45, 2.75) is 25.2 Å². The molecule has 1 fully saturated rings. The first-order chi connectivity index (χ1) is 13.9. The highest BCUT2D eigenvalue weighted by Crippen LogP contribution is 2.30. The molecule has 2 aliphatic rings. The number of benzene rings is 1. The Balaban J connectivity index is 1.61. The number of non-ortho nitro benzene ring substituents is 1. The first kappa shape index (κ1) is 18.6. The van der Waals surface area contributed by atoms with Crippen molar-refractivity contribution >= 4 is 35.0 Å². The minimum atomic E-state index is -1.02. The number of aromatic nitrogens is 2. The van der Waals surface area contributed by atoms with E-state index < -0.39 is 28.2 Å². The van der Waals surface area contributed by atoms with Gasteiger partial charge in [-0.1, -0.05) is 0 Å². The number of hydrogen-bond donors (Lipinski definition) is 3. The number of fused-ring (bicyclic) bond motifs is 1. The minimum Gasteiger partial charge on any atom is -0.342 e. The number of nitro groups is 1. The number of nitrogens with one attached hydrogen (secondary N) is 3. The van der Waals surface area contributed by atoms with E-state index >= 15 is 0 Å².